The highest BCUT2D eigenvalue weighted by Gasteiger charge is 2.19. The number of hydrogen-bond donors (Lipinski definition) is 3. The minimum absolute atomic E-state index is 0.0593. The largest absolute Gasteiger partial charge is 0.506 e. The smallest absolute Gasteiger partial charge is 0.255 e. The van der Waals surface area contributed by atoms with Gasteiger partial charge in [0.05, 0.1) is 18.9 Å². The zero-order chi connectivity index (χ0) is 18.5. The van der Waals surface area contributed by atoms with E-state index in [2.05, 4.69) is 10.6 Å². The zero-order valence-corrected chi connectivity index (χ0v) is 14.3. The molecule has 0 saturated carbocycles. The van der Waals surface area contributed by atoms with Gasteiger partial charge >= 0.3 is 0 Å². The maximum Gasteiger partial charge on any atom is 0.255 e. The van der Waals surface area contributed by atoms with Gasteiger partial charge in [0.25, 0.3) is 5.91 Å². The van der Waals surface area contributed by atoms with Crippen LogP contribution < -0.4 is 10.6 Å². The lowest BCUT2D eigenvalue weighted by Crippen LogP contribution is -2.18. The van der Waals surface area contributed by atoms with E-state index in [0.717, 1.165) is 6.42 Å². The van der Waals surface area contributed by atoms with Crippen molar-refractivity contribution in [2.75, 3.05) is 23.8 Å². The Bertz CT molecular complexity index is 815. The molecule has 0 radical (unpaired) electrons. The van der Waals surface area contributed by atoms with Gasteiger partial charge in [-0.2, -0.15) is 0 Å². The van der Waals surface area contributed by atoms with Crippen LogP contribution in [-0.2, 0) is 14.3 Å². The summed E-state index contributed by atoms with van der Waals surface area (Å²) in [4.78, 5) is 23.6. The van der Waals surface area contributed by atoms with Gasteiger partial charge in [-0.15, -0.1) is 0 Å². The Morgan fingerprint density at radius 3 is 2.58 bits per heavy atom. The predicted octanol–water partition coefficient (Wildman–Crippen LogP) is 3.04. The number of phenols is 1. The van der Waals surface area contributed by atoms with Crippen molar-refractivity contribution in [3.05, 3.63) is 53.6 Å². The summed E-state index contributed by atoms with van der Waals surface area (Å²) in [6.07, 6.45) is 0.325. The van der Waals surface area contributed by atoms with Gasteiger partial charge in [-0.3, -0.25) is 9.59 Å². The van der Waals surface area contributed by atoms with Crippen LogP contribution in [0.2, 0.25) is 0 Å². The molecule has 1 aliphatic heterocycles. The van der Waals surface area contributed by atoms with Crippen molar-refractivity contribution in [3.63, 3.8) is 0 Å². The first-order valence-corrected chi connectivity index (χ1v) is 8.28. The minimum Gasteiger partial charge on any atom is -0.506 e. The third-order valence-corrected chi connectivity index (χ3v) is 3.81. The molecule has 0 bridgehead atoms. The van der Waals surface area contributed by atoms with Gasteiger partial charge < -0.3 is 25.2 Å². The van der Waals surface area contributed by atoms with Gasteiger partial charge in [0, 0.05) is 23.7 Å². The Kier molecular flexibility index (Phi) is 5.50. The molecule has 3 N–H and O–H groups in total. The molecule has 0 unspecified atom stereocenters. The van der Waals surface area contributed by atoms with Gasteiger partial charge in [-0.25, -0.2) is 0 Å². The summed E-state index contributed by atoms with van der Waals surface area (Å²) in [7, 11) is 0. The number of carbonyl (C=O) groups is 2. The first-order chi connectivity index (χ1) is 12.5. The van der Waals surface area contributed by atoms with E-state index in [9.17, 15) is 14.7 Å². The second-order valence-electron chi connectivity index (χ2n) is 5.92. The Balaban J connectivity index is 1.77. The van der Waals surface area contributed by atoms with Crippen LogP contribution in [0.1, 0.15) is 35.6 Å². The summed E-state index contributed by atoms with van der Waals surface area (Å²) < 4.78 is 11.1. The average molecular weight is 356 g/mol. The number of ether oxygens (including phenoxy) is 2. The third-order valence-electron chi connectivity index (χ3n) is 3.81. The molecule has 2 amide bonds. The van der Waals surface area contributed by atoms with E-state index in [1.807, 2.05) is 0 Å². The SMILES string of the molecule is CC(=O)Nc1cccc(C(=O)Nc2cc(C3OCCCO3)ccc2O)c1. The fourth-order valence-electron chi connectivity index (χ4n) is 2.62. The molecule has 1 fully saturated rings. The lowest BCUT2D eigenvalue weighted by Gasteiger charge is -2.24. The van der Waals surface area contributed by atoms with E-state index >= 15 is 0 Å². The van der Waals surface area contributed by atoms with Crippen molar-refractivity contribution in [1.82, 2.24) is 0 Å². The van der Waals surface area contributed by atoms with Crippen molar-refractivity contribution in [2.45, 2.75) is 19.6 Å². The molecule has 1 saturated heterocycles. The molecule has 0 atom stereocenters. The van der Waals surface area contributed by atoms with E-state index in [1.165, 1.54) is 13.0 Å². The van der Waals surface area contributed by atoms with E-state index in [0.29, 0.717) is 30.0 Å². The number of phenolic OH excluding ortho intramolecular Hbond substituents is 1. The lowest BCUT2D eigenvalue weighted by molar-refractivity contribution is -0.183. The number of hydrogen-bond acceptors (Lipinski definition) is 5. The number of anilines is 2. The highest BCUT2D eigenvalue weighted by molar-refractivity contribution is 6.06. The molecule has 0 aromatic heterocycles. The third kappa shape index (κ3) is 4.38. The minimum atomic E-state index is -0.511. The molecule has 1 heterocycles. The summed E-state index contributed by atoms with van der Waals surface area (Å²) in [5.74, 6) is -0.688. The monoisotopic (exact) mass is 356 g/mol. The summed E-state index contributed by atoms with van der Waals surface area (Å²) in [5.41, 5.74) is 1.85. The Morgan fingerprint density at radius 1 is 1.08 bits per heavy atom. The average Bonchev–Trinajstić information content (AvgIpc) is 2.64. The molecule has 2 aromatic carbocycles. The lowest BCUT2D eigenvalue weighted by atomic mass is 10.1. The van der Waals surface area contributed by atoms with Gasteiger partial charge in [-0.1, -0.05) is 12.1 Å². The van der Waals surface area contributed by atoms with E-state index in [-0.39, 0.29) is 17.3 Å². The Hall–Kier alpha value is -2.90. The maximum atomic E-state index is 12.5. The van der Waals surface area contributed by atoms with Crippen LogP contribution in [0, 0.1) is 0 Å². The molecule has 3 rings (SSSR count). The molecular formula is C19H20N2O5. The number of rotatable bonds is 4. The second-order valence-corrected chi connectivity index (χ2v) is 5.92. The maximum absolute atomic E-state index is 12.5. The standard InChI is InChI=1S/C19H20N2O5/c1-12(22)20-15-5-2-4-13(10-15)18(24)21-16-11-14(6-7-17(16)23)19-25-8-3-9-26-19/h2,4-7,10-11,19,23H,3,8-9H2,1H3,(H,20,22)(H,21,24). The predicted molar refractivity (Wildman–Crippen MR) is 96.1 cm³/mol. The van der Waals surface area contributed by atoms with Gasteiger partial charge in [0.2, 0.25) is 5.91 Å². The quantitative estimate of drug-likeness (QED) is 0.732. The molecule has 0 spiro atoms. The Labute approximate surface area is 150 Å². The van der Waals surface area contributed by atoms with Crippen LogP contribution in [0.5, 0.6) is 5.75 Å². The van der Waals surface area contributed by atoms with Crippen molar-refractivity contribution < 1.29 is 24.2 Å². The van der Waals surface area contributed by atoms with Gasteiger partial charge in [0.15, 0.2) is 6.29 Å². The van der Waals surface area contributed by atoms with Crippen molar-refractivity contribution in [2.24, 2.45) is 0 Å². The van der Waals surface area contributed by atoms with E-state index < -0.39 is 12.2 Å². The summed E-state index contributed by atoms with van der Waals surface area (Å²) in [6, 6.07) is 11.3. The molecular weight excluding hydrogens is 336 g/mol. The first-order valence-electron chi connectivity index (χ1n) is 8.28. The van der Waals surface area contributed by atoms with Gasteiger partial charge in [0.1, 0.15) is 5.75 Å². The first kappa shape index (κ1) is 17.9. The summed E-state index contributed by atoms with van der Waals surface area (Å²) >= 11 is 0. The van der Waals surface area contributed by atoms with Crippen molar-refractivity contribution >= 4 is 23.2 Å². The van der Waals surface area contributed by atoms with Crippen LogP contribution in [0.4, 0.5) is 11.4 Å². The van der Waals surface area contributed by atoms with Crippen LogP contribution in [0.15, 0.2) is 42.5 Å². The van der Waals surface area contributed by atoms with Crippen LogP contribution in [0.3, 0.4) is 0 Å². The van der Waals surface area contributed by atoms with Crippen LogP contribution >= 0.6 is 0 Å². The van der Waals surface area contributed by atoms with Crippen LogP contribution in [0.25, 0.3) is 0 Å². The molecule has 7 heteroatoms. The number of nitrogens with one attached hydrogen (secondary N) is 2. The summed E-state index contributed by atoms with van der Waals surface area (Å²) in [5, 5.41) is 15.3. The number of aromatic hydroxyl groups is 1. The number of amides is 2. The van der Waals surface area contributed by atoms with Crippen molar-refractivity contribution in [1.29, 1.82) is 0 Å². The number of carbonyl (C=O) groups excluding carboxylic acids is 2. The molecule has 136 valence electrons. The normalized spacial score (nSPS) is 14.7. The second kappa shape index (κ2) is 7.99. The molecule has 0 aliphatic carbocycles. The zero-order valence-electron chi connectivity index (χ0n) is 14.3. The molecule has 7 nitrogen and oxygen atoms in total. The fourth-order valence-corrected chi connectivity index (χ4v) is 2.62. The van der Waals surface area contributed by atoms with Gasteiger partial charge in [-0.05, 0) is 36.8 Å². The summed E-state index contributed by atoms with van der Waals surface area (Å²) in [6.45, 7) is 2.60. The number of benzene rings is 2. The molecule has 26 heavy (non-hydrogen) atoms. The highest BCUT2D eigenvalue weighted by atomic mass is 16.7. The highest BCUT2D eigenvalue weighted by Crippen LogP contribution is 2.31. The van der Waals surface area contributed by atoms with Crippen molar-refractivity contribution in [3.8, 4) is 5.75 Å². The Morgan fingerprint density at radius 2 is 1.85 bits per heavy atom. The van der Waals surface area contributed by atoms with Crippen LogP contribution in [-0.4, -0.2) is 30.1 Å². The van der Waals surface area contributed by atoms with E-state index in [1.54, 1.807) is 36.4 Å². The fraction of sp³-hybridized carbons (Fsp3) is 0.263. The molecule has 1 aliphatic rings. The topological polar surface area (TPSA) is 96.9 Å². The molecule has 2 aromatic rings. The van der Waals surface area contributed by atoms with E-state index in [4.69, 9.17) is 9.47 Å².